The molecule has 0 unspecified atom stereocenters. The van der Waals surface area contributed by atoms with Gasteiger partial charge in [-0.05, 0) is 51.7 Å². The maximum absolute atomic E-state index is 9.15. The minimum atomic E-state index is -0.431. The Hall–Kier alpha value is -4.43. The number of hydrogen-bond donors (Lipinski definition) is 0. The van der Waals surface area contributed by atoms with Gasteiger partial charge in [0.25, 0.3) is 0 Å². The maximum Gasteiger partial charge on any atom is 0.111 e. The summed E-state index contributed by atoms with van der Waals surface area (Å²) in [5.74, 6) is 0.511. The highest BCUT2D eigenvalue weighted by Crippen LogP contribution is 2.43. The standard InChI is InChI=1S/C32H22N2/c1-21-33-29-19-8-9-20-30(29)34(21)32-27-16-6-4-14-25(27)31(26-15-5-7-17-28(26)32)24-18-10-12-22-11-2-3-13-23(22)24/h2-20H,1H3/i4D,5D,6D,7D,14D,15D,16D,17D. The van der Waals surface area contributed by atoms with Crippen molar-refractivity contribution in [2.24, 2.45) is 0 Å². The summed E-state index contributed by atoms with van der Waals surface area (Å²) in [5, 5.41) is 2.36. The van der Waals surface area contributed by atoms with Gasteiger partial charge in [0.2, 0.25) is 0 Å². The van der Waals surface area contributed by atoms with Crippen LogP contribution in [0.5, 0.6) is 0 Å². The van der Waals surface area contributed by atoms with E-state index in [2.05, 4.69) is 4.98 Å². The largest absolute Gasteiger partial charge is 0.295 e. The molecule has 0 spiro atoms. The molecular formula is C32H22N2. The first-order valence-corrected chi connectivity index (χ1v) is 11.0. The summed E-state index contributed by atoms with van der Waals surface area (Å²) in [6.07, 6.45) is 0. The van der Waals surface area contributed by atoms with E-state index in [0.29, 0.717) is 28.0 Å². The number of benzene rings is 6. The highest BCUT2D eigenvalue weighted by molar-refractivity contribution is 6.21. The number of nitrogens with zero attached hydrogens (tertiary/aromatic N) is 2. The van der Waals surface area contributed by atoms with Crippen LogP contribution in [0, 0.1) is 6.92 Å². The maximum atomic E-state index is 9.15. The molecule has 1 heterocycles. The Bertz CT molecular complexity index is 2220. The van der Waals surface area contributed by atoms with Crippen molar-refractivity contribution in [2.45, 2.75) is 6.92 Å². The van der Waals surface area contributed by atoms with Gasteiger partial charge in [-0.25, -0.2) is 4.98 Å². The summed E-state index contributed by atoms with van der Waals surface area (Å²) < 4.78 is 72.8. The molecule has 0 aliphatic rings. The van der Waals surface area contributed by atoms with Crippen LogP contribution >= 0.6 is 0 Å². The molecule has 0 fully saturated rings. The van der Waals surface area contributed by atoms with Gasteiger partial charge in [-0.3, -0.25) is 4.57 Å². The molecule has 0 radical (unpaired) electrons. The van der Waals surface area contributed by atoms with Crippen LogP contribution in [0.1, 0.15) is 16.8 Å². The molecule has 0 atom stereocenters. The lowest BCUT2D eigenvalue weighted by Gasteiger charge is -2.20. The van der Waals surface area contributed by atoms with Crippen LogP contribution in [0.15, 0.2) is 115 Å². The summed E-state index contributed by atoms with van der Waals surface area (Å²) in [5.41, 5.74) is 2.49. The zero-order valence-corrected chi connectivity index (χ0v) is 18.2. The average molecular weight is 443 g/mol. The van der Waals surface area contributed by atoms with Crippen molar-refractivity contribution in [1.82, 2.24) is 9.55 Å². The first kappa shape index (κ1) is 12.7. The van der Waals surface area contributed by atoms with Gasteiger partial charge in [0.1, 0.15) is 5.82 Å². The van der Waals surface area contributed by atoms with Gasteiger partial charge in [0, 0.05) is 10.8 Å². The lowest BCUT2D eigenvalue weighted by Crippen LogP contribution is -2.01. The van der Waals surface area contributed by atoms with Gasteiger partial charge < -0.3 is 0 Å². The smallest absolute Gasteiger partial charge is 0.111 e. The number of aryl methyl sites for hydroxylation is 1. The van der Waals surface area contributed by atoms with E-state index in [1.807, 2.05) is 66.7 Å². The molecule has 0 N–H and O–H groups in total. The molecule has 6 aromatic carbocycles. The fourth-order valence-electron chi connectivity index (χ4n) is 4.97. The van der Waals surface area contributed by atoms with Crippen molar-refractivity contribution in [3.63, 3.8) is 0 Å². The topological polar surface area (TPSA) is 17.8 Å². The third-order valence-electron chi connectivity index (χ3n) is 6.36. The molecule has 1 aromatic heterocycles. The van der Waals surface area contributed by atoms with E-state index in [0.717, 1.165) is 10.8 Å². The Labute approximate surface area is 209 Å². The van der Waals surface area contributed by atoms with Gasteiger partial charge in [-0.2, -0.15) is 0 Å². The molecule has 7 rings (SSSR count). The monoisotopic (exact) mass is 442 g/mol. The van der Waals surface area contributed by atoms with Crippen molar-refractivity contribution in [1.29, 1.82) is 0 Å². The van der Waals surface area contributed by atoms with E-state index < -0.39 is 24.2 Å². The Morgan fingerprint density at radius 1 is 0.647 bits per heavy atom. The predicted octanol–water partition coefficient (Wildman–Crippen LogP) is 8.46. The molecule has 160 valence electrons. The van der Waals surface area contributed by atoms with E-state index >= 15 is 0 Å². The molecular weight excluding hydrogens is 412 g/mol. The Balaban J connectivity index is 1.90. The molecule has 0 aliphatic heterocycles. The SMILES string of the molecule is [2H]c1c([2H])c([2H])c2c(-n3c(C)nc4ccccc43)c3c([2H])c([2H])c([2H])c([2H])c3c(-c3cccc4ccccc34)c2c1[2H]. The third kappa shape index (κ3) is 2.66. The minimum absolute atomic E-state index is 0.160. The quantitative estimate of drug-likeness (QED) is 0.246. The van der Waals surface area contributed by atoms with Gasteiger partial charge in [0.15, 0.2) is 0 Å². The van der Waals surface area contributed by atoms with E-state index in [1.165, 1.54) is 0 Å². The molecule has 2 nitrogen and oxygen atoms in total. The third-order valence-corrected chi connectivity index (χ3v) is 6.36. The number of hydrogen-bond acceptors (Lipinski definition) is 1. The fraction of sp³-hybridized carbons (Fsp3) is 0.0312. The second-order valence-electron chi connectivity index (χ2n) is 8.23. The van der Waals surface area contributed by atoms with Crippen LogP contribution in [0.4, 0.5) is 0 Å². The summed E-state index contributed by atoms with van der Waals surface area (Å²) in [6.45, 7) is 1.77. The van der Waals surface area contributed by atoms with Gasteiger partial charge in [0.05, 0.1) is 27.7 Å². The lowest BCUT2D eigenvalue weighted by atomic mass is 9.88. The highest BCUT2D eigenvalue weighted by Gasteiger charge is 2.20. The van der Waals surface area contributed by atoms with Gasteiger partial charge >= 0.3 is 0 Å². The van der Waals surface area contributed by atoms with E-state index in [4.69, 9.17) is 11.0 Å². The molecule has 0 amide bonds. The number of rotatable bonds is 2. The zero-order chi connectivity index (χ0) is 29.6. The van der Waals surface area contributed by atoms with Gasteiger partial charge in [-0.1, -0.05) is 103 Å². The van der Waals surface area contributed by atoms with E-state index in [-0.39, 0.29) is 51.4 Å². The number of para-hydroxylation sites is 2. The summed E-state index contributed by atoms with van der Waals surface area (Å²) in [4.78, 5) is 4.69. The van der Waals surface area contributed by atoms with Gasteiger partial charge in [-0.15, -0.1) is 0 Å². The Morgan fingerprint density at radius 3 is 2.03 bits per heavy atom. The number of imidazole rings is 1. The average Bonchev–Trinajstić information content (AvgIpc) is 3.34. The normalized spacial score (nSPS) is 15.0. The molecule has 0 bridgehead atoms. The van der Waals surface area contributed by atoms with Crippen molar-refractivity contribution in [3.8, 4) is 16.8 Å². The van der Waals surface area contributed by atoms with E-state index in [1.54, 1.807) is 11.5 Å². The zero-order valence-electron chi connectivity index (χ0n) is 26.2. The molecule has 0 saturated heterocycles. The Morgan fingerprint density at radius 2 is 1.26 bits per heavy atom. The predicted molar refractivity (Wildman–Crippen MR) is 144 cm³/mol. The van der Waals surface area contributed by atoms with Crippen molar-refractivity contribution in [2.75, 3.05) is 0 Å². The van der Waals surface area contributed by atoms with Crippen LogP contribution in [0.2, 0.25) is 0 Å². The second-order valence-corrected chi connectivity index (χ2v) is 8.23. The van der Waals surface area contributed by atoms with E-state index in [9.17, 15) is 0 Å². The van der Waals surface area contributed by atoms with Crippen molar-refractivity contribution >= 4 is 43.4 Å². The minimum Gasteiger partial charge on any atom is -0.295 e. The van der Waals surface area contributed by atoms with Crippen molar-refractivity contribution < 1.29 is 11.0 Å². The van der Waals surface area contributed by atoms with Crippen LogP contribution in [0.3, 0.4) is 0 Å². The lowest BCUT2D eigenvalue weighted by molar-refractivity contribution is 1.02. The van der Waals surface area contributed by atoms with Crippen LogP contribution < -0.4 is 0 Å². The van der Waals surface area contributed by atoms with Crippen LogP contribution in [-0.4, -0.2) is 9.55 Å². The Kier molecular flexibility index (Phi) is 2.73. The summed E-state index contributed by atoms with van der Waals surface area (Å²) >= 11 is 0. The number of fused-ring (bicyclic) bond motifs is 4. The molecule has 0 saturated carbocycles. The van der Waals surface area contributed by atoms with Crippen LogP contribution in [0.25, 0.3) is 60.2 Å². The fourth-order valence-corrected chi connectivity index (χ4v) is 4.97. The molecule has 34 heavy (non-hydrogen) atoms. The highest BCUT2D eigenvalue weighted by atomic mass is 15.1. The molecule has 7 aromatic rings. The second kappa shape index (κ2) is 7.29. The summed E-state index contributed by atoms with van der Waals surface area (Å²) in [7, 11) is 0. The first-order valence-electron chi connectivity index (χ1n) is 15.0. The van der Waals surface area contributed by atoms with Crippen molar-refractivity contribution in [3.05, 3.63) is 121 Å². The number of aromatic nitrogens is 2. The molecule has 2 heteroatoms. The molecule has 0 aliphatic carbocycles. The first-order chi connectivity index (χ1) is 20.1. The summed E-state index contributed by atoms with van der Waals surface area (Å²) in [6, 6.07) is 17.7. The van der Waals surface area contributed by atoms with Crippen LogP contribution in [-0.2, 0) is 0 Å².